The lowest BCUT2D eigenvalue weighted by molar-refractivity contribution is -0.114. The van der Waals surface area contributed by atoms with E-state index >= 15 is 0 Å². The second-order valence-corrected chi connectivity index (χ2v) is 6.76. The molecule has 0 saturated carbocycles. The Labute approximate surface area is 165 Å². The molecule has 0 radical (unpaired) electrons. The number of nitrogens with zero attached hydrogens (tertiary/aromatic N) is 1. The fourth-order valence-corrected chi connectivity index (χ4v) is 3.28. The number of nitrogens with one attached hydrogen (secondary N) is 2. The minimum atomic E-state index is -0.186. The van der Waals surface area contributed by atoms with Crippen molar-refractivity contribution in [1.82, 2.24) is 4.90 Å². The molecular formula is C22H27N3O3. The summed E-state index contributed by atoms with van der Waals surface area (Å²) in [6.45, 7) is 4.19. The zero-order valence-electron chi connectivity index (χ0n) is 16.2. The number of anilines is 2. The van der Waals surface area contributed by atoms with Crippen molar-refractivity contribution in [2.75, 3.05) is 36.9 Å². The van der Waals surface area contributed by atoms with E-state index < -0.39 is 0 Å². The van der Waals surface area contributed by atoms with Gasteiger partial charge in [-0.25, -0.2) is 0 Å². The Balaban J connectivity index is 1.58. The summed E-state index contributed by atoms with van der Waals surface area (Å²) in [5.74, 6) is 0.556. The summed E-state index contributed by atoms with van der Waals surface area (Å²) in [6, 6.07) is 14.6. The molecule has 6 heteroatoms. The zero-order chi connectivity index (χ0) is 19.8. The Kier molecular flexibility index (Phi) is 6.89. The maximum atomic E-state index is 12.6. The molecule has 0 unspecified atom stereocenters. The van der Waals surface area contributed by atoms with E-state index in [-0.39, 0.29) is 18.4 Å². The topological polar surface area (TPSA) is 70.7 Å². The molecule has 1 saturated heterocycles. The van der Waals surface area contributed by atoms with E-state index in [0.29, 0.717) is 23.6 Å². The summed E-state index contributed by atoms with van der Waals surface area (Å²) < 4.78 is 5.55. The van der Waals surface area contributed by atoms with Crippen molar-refractivity contribution in [3.05, 3.63) is 54.1 Å². The van der Waals surface area contributed by atoms with Crippen LogP contribution in [-0.2, 0) is 4.79 Å². The summed E-state index contributed by atoms with van der Waals surface area (Å²) in [4.78, 5) is 26.8. The fraction of sp³-hybridized carbons (Fsp3) is 0.364. The average Bonchev–Trinajstić information content (AvgIpc) is 2.73. The summed E-state index contributed by atoms with van der Waals surface area (Å²) >= 11 is 0. The first-order valence-electron chi connectivity index (χ1n) is 9.82. The number of carbonyl (C=O) groups is 2. The van der Waals surface area contributed by atoms with Crippen LogP contribution in [0.2, 0.25) is 0 Å². The standard InChI is InChI=1S/C22H27N3O3/c1-2-28-20-12-5-4-11-19(20)23-16-21(26)24-18-10-8-9-17(15-18)22(27)25-13-6-3-7-14-25/h4-5,8-12,15,23H,2-3,6-7,13-14,16H2,1H3,(H,24,26). The van der Waals surface area contributed by atoms with Crippen molar-refractivity contribution in [1.29, 1.82) is 0 Å². The maximum absolute atomic E-state index is 12.6. The molecule has 0 aliphatic carbocycles. The van der Waals surface area contributed by atoms with Gasteiger partial charge < -0.3 is 20.3 Å². The summed E-state index contributed by atoms with van der Waals surface area (Å²) in [6.07, 6.45) is 3.29. The molecule has 2 aromatic carbocycles. The van der Waals surface area contributed by atoms with Crippen molar-refractivity contribution in [3.63, 3.8) is 0 Å². The molecule has 1 heterocycles. The van der Waals surface area contributed by atoms with Crippen molar-refractivity contribution < 1.29 is 14.3 Å². The van der Waals surface area contributed by atoms with Crippen LogP contribution in [0.25, 0.3) is 0 Å². The van der Waals surface area contributed by atoms with Crippen LogP contribution in [0.1, 0.15) is 36.5 Å². The van der Waals surface area contributed by atoms with Gasteiger partial charge in [0.05, 0.1) is 18.8 Å². The van der Waals surface area contributed by atoms with E-state index in [9.17, 15) is 9.59 Å². The van der Waals surface area contributed by atoms with Gasteiger partial charge in [0.25, 0.3) is 5.91 Å². The lowest BCUT2D eigenvalue weighted by atomic mass is 10.1. The van der Waals surface area contributed by atoms with Crippen LogP contribution in [0.15, 0.2) is 48.5 Å². The van der Waals surface area contributed by atoms with Gasteiger partial charge in [0.15, 0.2) is 0 Å². The monoisotopic (exact) mass is 381 g/mol. The van der Waals surface area contributed by atoms with Gasteiger partial charge in [0, 0.05) is 24.3 Å². The predicted molar refractivity (Wildman–Crippen MR) is 111 cm³/mol. The Morgan fingerprint density at radius 1 is 1.04 bits per heavy atom. The first-order chi connectivity index (χ1) is 13.7. The van der Waals surface area contributed by atoms with Gasteiger partial charge in [-0.05, 0) is 56.5 Å². The molecule has 28 heavy (non-hydrogen) atoms. The van der Waals surface area contributed by atoms with Crippen LogP contribution in [0.3, 0.4) is 0 Å². The molecular weight excluding hydrogens is 354 g/mol. The highest BCUT2D eigenvalue weighted by atomic mass is 16.5. The van der Waals surface area contributed by atoms with Crippen molar-refractivity contribution in [3.8, 4) is 5.75 Å². The first-order valence-corrected chi connectivity index (χ1v) is 9.82. The van der Waals surface area contributed by atoms with Crippen LogP contribution < -0.4 is 15.4 Å². The van der Waals surface area contributed by atoms with Gasteiger partial charge in [-0.15, -0.1) is 0 Å². The summed E-state index contributed by atoms with van der Waals surface area (Å²) in [7, 11) is 0. The Morgan fingerprint density at radius 2 is 1.82 bits per heavy atom. The number of amides is 2. The Hall–Kier alpha value is -3.02. The van der Waals surface area contributed by atoms with E-state index in [2.05, 4.69) is 10.6 Å². The average molecular weight is 381 g/mol. The highest BCUT2D eigenvalue weighted by Crippen LogP contribution is 2.23. The minimum Gasteiger partial charge on any atom is -0.492 e. The lowest BCUT2D eigenvalue weighted by Gasteiger charge is -2.26. The number of benzene rings is 2. The van der Waals surface area contributed by atoms with Crippen LogP contribution in [0.5, 0.6) is 5.75 Å². The number of hydrogen-bond donors (Lipinski definition) is 2. The van der Waals surface area contributed by atoms with E-state index in [0.717, 1.165) is 31.6 Å². The van der Waals surface area contributed by atoms with Crippen molar-refractivity contribution >= 4 is 23.2 Å². The molecule has 1 aliphatic heterocycles. The largest absolute Gasteiger partial charge is 0.492 e. The number of ether oxygens (including phenoxy) is 1. The normalized spacial score (nSPS) is 13.7. The van der Waals surface area contributed by atoms with E-state index in [4.69, 9.17) is 4.74 Å². The second-order valence-electron chi connectivity index (χ2n) is 6.76. The molecule has 0 bridgehead atoms. The molecule has 148 valence electrons. The molecule has 0 aromatic heterocycles. The van der Waals surface area contributed by atoms with Crippen LogP contribution in [0, 0.1) is 0 Å². The Bertz CT molecular complexity index is 816. The van der Waals surface area contributed by atoms with Gasteiger partial charge in [-0.2, -0.15) is 0 Å². The van der Waals surface area contributed by atoms with Crippen molar-refractivity contribution in [2.24, 2.45) is 0 Å². The number of hydrogen-bond acceptors (Lipinski definition) is 4. The van der Waals surface area contributed by atoms with Crippen molar-refractivity contribution in [2.45, 2.75) is 26.2 Å². The highest BCUT2D eigenvalue weighted by Gasteiger charge is 2.18. The number of para-hydroxylation sites is 2. The SMILES string of the molecule is CCOc1ccccc1NCC(=O)Nc1cccc(C(=O)N2CCCCC2)c1. The molecule has 1 fully saturated rings. The van der Waals surface area contributed by atoms with Gasteiger partial charge in [-0.1, -0.05) is 18.2 Å². The molecule has 6 nitrogen and oxygen atoms in total. The minimum absolute atomic E-state index is 0.0274. The third-order valence-corrected chi connectivity index (χ3v) is 4.66. The van der Waals surface area contributed by atoms with Gasteiger partial charge in [0.2, 0.25) is 5.91 Å². The first kappa shape index (κ1) is 19.7. The van der Waals surface area contributed by atoms with Crippen LogP contribution in [-0.4, -0.2) is 43.0 Å². The van der Waals surface area contributed by atoms with Crippen LogP contribution >= 0.6 is 0 Å². The smallest absolute Gasteiger partial charge is 0.253 e. The Morgan fingerprint density at radius 3 is 2.61 bits per heavy atom. The predicted octanol–water partition coefficient (Wildman–Crippen LogP) is 3.76. The molecule has 0 spiro atoms. The molecule has 2 aromatic rings. The third-order valence-electron chi connectivity index (χ3n) is 4.66. The third kappa shape index (κ3) is 5.25. The van der Waals surface area contributed by atoms with E-state index in [1.54, 1.807) is 24.3 Å². The molecule has 2 N–H and O–H groups in total. The molecule has 2 amide bonds. The summed E-state index contributed by atoms with van der Waals surface area (Å²) in [5.41, 5.74) is 2.00. The fourth-order valence-electron chi connectivity index (χ4n) is 3.28. The number of likely N-dealkylation sites (tertiary alicyclic amines) is 1. The number of piperidine rings is 1. The molecule has 1 aliphatic rings. The van der Waals surface area contributed by atoms with Crippen LogP contribution in [0.4, 0.5) is 11.4 Å². The summed E-state index contributed by atoms with van der Waals surface area (Å²) in [5, 5.41) is 5.94. The highest BCUT2D eigenvalue weighted by molar-refractivity contribution is 5.98. The quantitative estimate of drug-likeness (QED) is 0.766. The van der Waals surface area contributed by atoms with E-state index in [1.807, 2.05) is 36.1 Å². The second kappa shape index (κ2) is 9.78. The zero-order valence-corrected chi connectivity index (χ0v) is 16.2. The van der Waals surface area contributed by atoms with Gasteiger partial charge >= 0.3 is 0 Å². The van der Waals surface area contributed by atoms with Gasteiger partial charge in [0.1, 0.15) is 5.75 Å². The molecule has 3 rings (SSSR count). The molecule has 0 atom stereocenters. The van der Waals surface area contributed by atoms with Gasteiger partial charge in [-0.3, -0.25) is 9.59 Å². The number of rotatable bonds is 7. The van der Waals surface area contributed by atoms with E-state index in [1.165, 1.54) is 6.42 Å². The lowest BCUT2D eigenvalue weighted by Crippen LogP contribution is -2.35. The maximum Gasteiger partial charge on any atom is 0.253 e. The number of carbonyl (C=O) groups excluding carboxylic acids is 2.